The van der Waals surface area contributed by atoms with Crippen LogP contribution in [0.3, 0.4) is 0 Å². The summed E-state index contributed by atoms with van der Waals surface area (Å²) in [6.45, 7) is 1.59. The number of sulfonamides is 1. The Morgan fingerprint density at radius 2 is 2.14 bits per heavy atom. The van der Waals surface area contributed by atoms with Crippen LogP contribution in [0.25, 0.3) is 0 Å². The minimum absolute atomic E-state index is 0.217. The first-order valence-electron chi connectivity index (χ1n) is 5.85. The monoisotopic (exact) mass is 320 g/mol. The Bertz CT molecular complexity index is 661. The molecule has 116 valence electrons. The van der Waals surface area contributed by atoms with E-state index in [9.17, 15) is 27.7 Å². The number of nitro benzene ring substituents is 1. The molecule has 0 saturated heterocycles. The molecule has 1 rings (SSSR count). The lowest BCUT2D eigenvalue weighted by atomic mass is 10.2. The molecule has 0 aliphatic rings. The average molecular weight is 320 g/mol. The van der Waals surface area contributed by atoms with Crippen molar-refractivity contribution >= 4 is 21.7 Å². The van der Waals surface area contributed by atoms with E-state index in [1.165, 1.54) is 0 Å². The normalized spacial score (nSPS) is 12.9. The highest BCUT2D eigenvalue weighted by Crippen LogP contribution is 2.21. The van der Waals surface area contributed by atoms with Crippen LogP contribution in [0.1, 0.15) is 19.8 Å². The predicted octanol–water partition coefficient (Wildman–Crippen LogP) is 1.27. The summed E-state index contributed by atoms with van der Waals surface area (Å²) < 4.78 is 39.3. The highest BCUT2D eigenvalue weighted by Gasteiger charge is 2.24. The zero-order valence-electron chi connectivity index (χ0n) is 10.9. The molecule has 0 bridgehead atoms. The number of halogens is 1. The number of carboxylic acid groups (broad SMARTS) is 1. The van der Waals surface area contributed by atoms with Gasteiger partial charge >= 0.3 is 11.7 Å². The molecule has 0 spiro atoms. The van der Waals surface area contributed by atoms with Gasteiger partial charge in [0.25, 0.3) is 0 Å². The largest absolute Gasteiger partial charge is 0.481 e. The van der Waals surface area contributed by atoms with Gasteiger partial charge in [-0.05, 0) is 18.6 Å². The van der Waals surface area contributed by atoms with E-state index in [-0.39, 0.29) is 6.42 Å². The van der Waals surface area contributed by atoms with E-state index < -0.39 is 49.8 Å². The van der Waals surface area contributed by atoms with Gasteiger partial charge in [-0.15, -0.1) is 0 Å². The van der Waals surface area contributed by atoms with Gasteiger partial charge in [-0.25, -0.2) is 13.1 Å². The van der Waals surface area contributed by atoms with Gasteiger partial charge in [0.05, 0.1) is 16.2 Å². The molecule has 8 nitrogen and oxygen atoms in total. The summed E-state index contributed by atoms with van der Waals surface area (Å²) >= 11 is 0. The summed E-state index contributed by atoms with van der Waals surface area (Å²) in [6.07, 6.45) is -0.214. The second-order valence-corrected chi connectivity index (χ2v) is 5.91. The van der Waals surface area contributed by atoms with Crippen molar-refractivity contribution in [3.8, 4) is 0 Å². The highest BCUT2D eigenvalue weighted by atomic mass is 32.2. The Morgan fingerprint density at radius 1 is 1.52 bits per heavy atom. The Balaban J connectivity index is 3.10. The Kier molecular flexibility index (Phi) is 5.33. The lowest BCUT2D eigenvalue weighted by Crippen LogP contribution is -2.36. The van der Waals surface area contributed by atoms with Crippen LogP contribution in [0.2, 0.25) is 0 Å². The third-order valence-corrected chi connectivity index (χ3v) is 4.18. The second kappa shape index (κ2) is 6.59. The van der Waals surface area contributed by atoms with Crippen molar-refractivity contribution in [3.63, 3.8) is 0 Å². The Hall–Kier alpha value is -2.07. The molecule has 0 aromatic heterocycles. The van der Waals surface area contributed by atoms with E-state index in [0.29, 0.717) is 12.1 Å². The lowest BCUT2D eigenvalue weighted by Gasteiger charge is -2.15. The predicted molar refractivity (Wildman–Crippen MR) is 69.7 cm³/mol. The summed E-state index contributed by atoms with van der Waals surface area (Å²) in [7, 11) is -4.17. The van der Waals surface area contributed by atoms with Crippen LogP contribution in [-0.4, -0.2) is 30.5 Å². The quantitative estimate of drug-likeness (QED) is 0.575. The summed E-state index contributed by atoms with van der Waals surface area (Å²) in [6, 6.07) is 1.27. The number of benzene rings is 1. The molecular weight excluding hydrogens is 307 g/mol. The van der Waals surface area contributed by atoms with Gasteiger partial charge in [0, 0.05) is 12.1 Å². The molecule has 2 N–H and O–H groups in total. The van der Waals surface area contributed by atoms with Gasteiger partial charge in [0.15, 0.2) is 0 Å². The molecule has 10 heteroatoms. The molecular formula is C11H13FN2O6S. The van der Waals surface area contributed by atoms with E-state index in [2.05, 4.69) is 4.72 Å². The smallest absolute Gasteiger partial charge is 0.306 e. The van der Waals surface area contributed by atoms with Crippen LogP contribution in [0.4, 0.5) is 10.1 Å². The van der Waals surface area contributed by atoms with Crippen molar-refractivity contribution in [2.24, 2.45) is 0 Å². The van der Waals surface area contributed by atoms with Crippen molar-refractivity contribution in [2.45, 2.75) is 30.7 Å². The summed E-state index contributed by atoms with van der Waals surface area (Å²) in [5, 5.41) is 19.3. The van der Waals surface area contributed by atoms with Crippen molar-refractivity contribution in [2.75, 3.05) is 0 Å². The number of carbonyl (C=O) groups is 1. The SMILES string of the molecule is CCC(CC(=O)O)NS(=O)(=O)c1ccc(F)c([N+](=O)[O-])c1. The molecule has 0 amide bonds. The minimum atomic E-state index is -4.17. The average Bonchev–Trinajstić information content (AvgIpc) is 2.36. The van der Waals surface area contributed by atoms with Crippen LogP contribution < -0.4 is 4.72 Å². The fourth-order valence-corrected chi connectivity index (χ4v) is 2.91. The van der Waals surface area contributed by atoms with Gasteiger partial charge < -0.3 is 5.11 Å². The molecule has 0 heterocycles. The fourth-order valence-electron chi connectivity index (χ4n) is 1.57. The number of nitrogens with zero attached hydrogens (tertiary/aromatic N) is 1. The third-order valence-electron chi connectivity index (χ3n) is 2.66. The van der Waals surface area contributed by atoms with E-state index in [0.717, 1.165) is 6.07 Å². The van der Waals surface area contributed by atoms with Gasteiger partial charge in [0.2, 0.25) is 15.8 Å². The zero-order valence-corrected chi connectivity index (χ0v) is 11.8. The summed E-state index contributed by atoms with van der Waals surface area (Å²) in [5.41, 5.74) is -0.968. The number of hydrogen-bond acceptors (Lipinski definition) is 5. The molecule has 1 atom stereocenters. The lowest BCUT2D eigenvalue weighted by molar-refractivity contribution is -0.387. The summed E-state index contributed by atoms with van der Waals surface area (Å²) in [5.74, 6) is -2.34. The van der Waals surface area contributed by atoms with Crippen LogP contribution >= 0.6 is 0 Å². The van der Waals surface area contributed by atoms with Crippen LogP contribution in [0.15, 0.2) is 23.1 Å². The van der Waals surface area contributed by atoms with Crippen molar-refractivity contribution in [3.05, 3.63) is 34.1 Å². The molecule has 0 fully saturated rings. The fraction of sp³-hybridized carbons (Fsp3) is 0.364. The molecule has 0 radical (unpaired) electrons. The highest BCUT2D eigenvalue weighted by molar-refractivity contribution is 7.89. The number of nitro groups is 1. The first-order chi connectivity index (χ1) is 9.67. The van der Waals surface area contributed by atoms with Crippen LogP contribution in [0.5, 0.6) is 0 Å². The minimum Gasteiger partial charge on any atom is -0.481 e. The molecule has 0 aliphatic heterocycles. The van der Waals surface area contributed by atoms with Crippen LogP contribution in [0, 0.1) is 15.9 Å². The number of rotatable bonds is 7. The van der Waals surface area contributed by atoms with Crippen LogP contribution in [-0.2, 0) is 14.8 Å². The van der Waals surface area contributed by atoms with Crippen molar-refractivity contribution in [1.82, 2.24) is 4.72 Å². The topological polar surface area (TPSA) is 127 Å². The maximum atomic E-state index is 13.2. The molecule has 1 unspecified atom stereocenters. The molecule has 0 saturated carbocycles. The third kappa shape index (κ3) is 4.46. The first-order valence-corrected chi connectivity index (χ1v) is 7.33. The molecule has 1 aromatic carbocycles. The van der Waals surface area contributed by atoms with Crippen molar-refractivity contribution in [1.29, 1.82) is 0 Å². The maximum absolute atomic E-state index is 13.2. The number of nitrogens with one attached hydrogen (secondary N) is 1. The number of hydrogen-bond donors (Lipinski definition) is 2. The van der Waals surface area contributed by atoms with Crippen molar-refractivity contribution < 1.29 is 27.6 Å². The van der Waals surface area contributed by atoms with Gasteiger partial charge in [-0.2, -0.15) is 4.39 Å². The Labute approximate surface area is 119 Å². The zero-order chi connectivity index (χ0) is 16.2. The molecule has 0 aliphatic carbocycles. The van der Waals surface area contributed by atoms with E-state index in [1.54, 1.807) is 6.92 Å². The van der Waals surface area contributed by atoms with Gasteiger partial charge in [-0.3, -0.25) is 14.9 Å². The van der Waals surface area contributed by atoms with Gasteiger partial charge in [0.1, 0.15) is 0 Å². The molecule has 1 aromatic rings. The maximum Gasteiger partial charge on any atom is 0.306 e. The van der Waals surface area contributed by atoms with E-state index in [1.807, 2.05) is 0 Å². The van der Waals surface area contributed by atoms with Gasteiger partial charge in [-0.1, -0.05) is 6.92 Å². The first kappa shape index (κ1) is 17.0. The number of carboxylic acids is 1. The molecule has 21 heavy (non-hydrogen) atoms. The van der Waals surface area contributed by atoms with E-state index in [4.69, 9.17) is 5.11 Å². The second-order valence-electron chi connectivity index (χ2n) is 4.19. The standard InChI is InChI=1S/C11H13FN2O6S/c1-2-7(5-11(15)16)13-21(19,20)8-3-4-9(12)10(6-8)14(17)18/h3-4,6-7,13H,2,5H2,1H3,(H,15,16). The summed E-state index contributed by atoms with van der Waals surface area (Å²) in [4.78, 5) is 19.7. The number of aliphatic carboxylic acids is 1. The Morgan fingerprint density at radius 3 is 2.62 bits per heavy atom. The van der Waals surface area contributed by atoms with E-state index >= 15 is 0 Å².